The fourth-order valence-corrected chi connectivity index (χ4v) is 3.96. The number of barbiturate groups is 1. The molecule has 34 heavy (non-hydrogen) atoms. The third-order valence-corrected chi connectivity index (χ3v) is 5.76. The molecule has 1 N–H and O–H groups in total. The highest BCUT2D eigenvalue weighted by Crippen LogP contribution is 2.27. The van der Waals surface area contributed by atoms with Gasteiger partial charge in [0.25, 0.3) is 11.8 Å². The molecule has 1 aromatic heterocycles. The topological polar surface area (TPSA) is 97.7 Å². The lowest BCUT2D eigenvalue weighted by atomic mass is 10.1. The number of hydrogen-bond acceptors (Lipinski definition) is 5. The van der Waals surface area contributed by atoms with E-state index >= 15 is 0 Å². The van der Waals surface area contributed by atoms with Gasteiger partial charge in [0.15, 0.2) is 0 Å². The van der Waals surface area contributed by atoms with Crippen LogP contribution < -0.4 is 10.2 Å². The summed E-state index contributed by atoms with van der Waals surface area (Å²) in [4.78, 5) is 50.7. The van der Waals surface area contributed by atoms with E-state index in [0.29, 0.717) is 21.8 Å². The van der Waals surface area contributed by atoms with Crippen LogP contribution in [-0.4, -0.2) is 35.5 Å². The minimum absolute atomic E-state index is 0.171. The van der Waals surface area contributed by atoms with E-state index < -0.39 is 23.8 Å². The summed E-state index contributed by atoms with van der Waals surface area (Å²) in [7, 11) is 1.32. The highest BCUT2D eigenvalue weighted by Gasteiger charge is 2.37. The van der Waals surface area contributed by atoms with Gasteiger partial charge < -0.3 is 9.30 Å². The lowest BCUT2D eigenvalue weighted by molar-refractivity contribution is -0.122. The van der Waals surface area contributed by atoms with Crippen LogP contribution in [0.15, 0.2) is 60.2 Å². The Morgan fingerprint density at radius 3 is 2.21 bits per heavy atom. The number of aryl methyl sites for hydroxylation is 1. The van der Waals surface area contributed by atoms with Crippen molar-refractivity contribution in [3.63, 3.8) is 0 Å². The van der Waals surface area contributed by atoms with Crippen LogP contribution >= 0.6 is 11.6 Å². The second-order valence-electron chi connectivity index (χ2n) is 7.63. The first kappa shape index (κ1) is 23.0. The number of esters is 1. The summed E-state index contributed by atoms with van der Waals surface area (Å²) < 4.78 is 6.67. The van der Waals surface area contributed by atoms with Crippen LogP contribution in [0.25, 0.3) is 11.8 Å². The molecule has 0 spiro atoms. The fraction of sp³-hybridized carbons (Fsp3) is 0.120. The first-order valence-corrected chi connectivity index (χ1v) is 10.6. The Hall–Kier alpha value is -4.17. The van der Waals surface area contributed by atoms with Crippen molar-refractivity contribution in [2.45, 2.75) is 13.8 Å². The zero-order valence-corrected chi connectivity index (χ0v) is 19.3. The third kappa shape index (κ3) is 4.11. The maximum Gasteiger partial charge on any atom is 0.337 e. The molecule has 0 unspecified atom stereocenters. The zero-order chi connectivity index (χ0) is 24.6. The van der Waals surface area contributed by atoms with Crippen molar-refractivity contribution in [2.75, 3.05) is 12.0 Å². The molecule has 3 aromatic rings. The standard InChI is InChI=1S/C25H20ClN3O5/c1-14-12-17(15(2)28(14)19-8-4-16(5-9-19)24(32)34-3)13-21-22(30)27-25(33)29(23(21)31)20-10-6-18(26)7-11-20/h4-13H,1-3H3,(H,27,30,33)/b21-13+. The van der Waals surface area contributed by atoms with Gasteiger partial charge in [-0.05, 0) is 80.1 Å². The number of carbonyl (C=O) groups excluding carboxylic acids is 4. The largest absolute Gasteiger partial charge is 0.465 e. The normalized spacial score (nSPS) is 15.0. The number of nitrogens with one attached hydrogen (secondary N) is 1. The van der Waals surface area contributed by atoms with Gasteiger partial charge >= 0.3 is 12.0 Å². The first-order valence-electron chi connectivity index (χ1n) is 10.3. The SMILES string of the molecule is COC(=O)c1ccc(-n2c(C)cc(/C=C3\C(=O)NC(=O)N(c4ccc(Cl)cc4)C3=O)c2C)cc1. The Morgan fingerprint density at radius 2 is 1.59 bits per heavy atom. The molecule has 172 valence electrons. The van der Waals surface area contributed by atoms with Gasteiger partial charge in [-0.3, -0.25) is 14.9 Å². The number of urea groups is 1. The minimum Gasteiger partial charge on any atom is -0.465 e. The fourth-order valence-electron chi connectivity index (χ4n) is 3.83. The average molecular weight is 478 g/mol. The quantitative estimate of drug-likeness (QED) is 0.345. The van der Waals surface area contributed by atoms with Gasteiger partial charge in [-0.2, -0.15) is 0 Å². The summed E-state index contributed by atoms with van der Waals surface area (Å²) in [5.41, 5.74) is 3.60. The molecule has 0 radical (unpaired) electrons. The first-order chi connectivity index (χ1) is 16.2. The highest BCUT2D eigenvalue weighted by atomic mass is 35.5. The summed E-state index contributed by atoms with van der Waals surface area (Å²) in [5.74, 6) is -1.93. The number of imide groups is 2. The molecule has 0 saturated carbocycles. The Balaban J connectivity index is 1.71. The second kappa shape index (κ2) is 8.99. The van der Waals surface area contributed by atoms with E-state index in [2.05, 4.69) is 5.32 Å². The van der Waals surface area contributed by atoms with Gasteiger partial charge in [0.2, 0.25) is 0 Å². The Labute approximate surface area is 200 Å². The van der Waals surface area contributed by atoms with Crippen molar-refractivity contribution in [3.05, 3.63) is 87.7 Å². The maximum atomic E-state index is 13.1. The summed E-state index contributed by atoms with van der Waals surface area (Å²) >= 11 is 5.90. The maximum absolute atomic E-state index is 13.1. The van der Waals surface area contributed by atoms with E-state index in [1.165, 1.54) is 25.3 Å². The van der Waals surface area contributed by atoms with Crippen LogP contribution in [-0.2, 0) is 14.3 Å². The third-order valence-electron chi connectivity index (χ3n) is 5.50. The number of anilines is 1. The number of aromatic nitrogens is 1. The van der Waals surface area contributed by atoms with Crippen molar-refractivity contribution in [3.8, 4) is 5.69 Å². The molecule has 4 amide bonds. The van der Waals surface area contributed by atoms with Crippen molar-refractivity contribution in [1.82, 2.24) is 9.88 Å². The Morgan fingerprint density at radius 1 is 0.971 bits per heavy atom. The predicted octanol–water partition coefficient (Wildman–Crippen LogP) is 4.20. The zero-order valence-electron chi connectivity index (χ0n) is 18.6. The van der Waals surface area contributed by atoms with Gasteiger partial charge in [-0.1, -0.05) is 11.6 Å². The summed E-state index contributed by atoms with van der Waals surface area (Å²) in [6, 6.07) is 14.0. The average Bonchev–Trinajstić information content (AvgIpc) is 3.10. The summed E-state index contributed by atoms with van der Waals surface area (Å²) in [6.07, 6.45) is 1.47. The van der Waals surface area contributed by atoms with E-state index in [1.807, 2.05) is 24.5 Å². The number of benzene rings is 2. The highest BCUT2D eigenvalue weighted by molar-refractivity contribution is 6.39. The number of nitrogens with zero attached hydrogens (tertiary/aromatic N) is 2. The molecule has 2 aromatic carbocycles. The molecule has 2 heterocycles. The van der Waals surface area contributed by atoms with E-state index in [4.69, 9.17) is 16.3 Å². The second-order valence-corrected chi connectivity index (χ2v) is 8.07. The van der Waals surface area contributed by atoms with Crippen molar-refractivity contribution < 1.29 is 23.9 Å². The van der Waals surface area contributed by atoms with Gasteiger partial charge in [0, 0.05) is 22.1 Å². The van der Waals surface area contributed by atoms with Gasteiger partial charge in [-0.15, -0.1) is 0 Å². The Kier molecular flexibility index (Phi) is 6.08. The number of rotatable bonds is 4. The monoisotopic (exact) mass is 477 g/mol. The predicted molar refractivity (Wildman–Crippen MR) is 127 cm³/mol. The molecule has 1 saturated heterocycles. The molecule has 0 aliphatic carbocycles. The minimum atomic E-state index is -0.828. The molecular weight excluding hydrogens is 458 g/mol. The van der Waals surface area contributed by atoms with Crippen molar-refractivity contribution in [2.24, 2.45) is 0 Å². The lowest BCUT2D eigenvalue weighted by Crippen LogP contribution is -2.54. The van der Waals surface area contributed by atoms with Crippen LogP contribution in [0.4, 0.5) is 10.5 Å². The van der Waals surface area contributed by atoms with Crippen LogP contribution in [0.2, 0.25) is 5.02 Å². The molecule has 0 bridgehead atoms. The molecule has 1 fully saturated rings. The molecule has 1 aliphatic heterocycles. The Bertz CT molecular complexity index is 1350. The number of ether oxygens (including phenoxy) is 1. The molecule has 8 nitrogen and oxygen atoms in total. The van der Waals surface area contributed by atoms with E-state index in [1.54, 1.807) is 36.4 Å². The van der Waals surface area contributed by atoms with E-state index in [0.717, 1.165) is 22.0 Å². The molecule has 4 rings (SSSR count). The van der Waals surface area contributed by atoms with E-state index in [-0.39, 0.29) is 5.57 Å². The van der Waals surface area contributed by atoms with Crippen molar-refractivity contribution in [1.29, 1.82) is 0 Å². The van der Waals surface area contributed by atoms with Crippen LogP contribution in [0, 0.1) is 13.8 Å². The number of carbonyl (C=O) groups is 4. The van der Waals surface area contributed by atoms with E-state index in [9.17, 15) is 19.2 Å². The molecule has 0 atom stereocenters. The van der Waals surface area contributed by atoms with Crippen molar-refractivity contribution >= 4 is 47.2 Å². The van der Waals surface area contributed by atoms with Crippen LogP contribution in [0.5, 0.6) is 0 Å². The summed E-state index contributed by atoms with van der Waals surface area (Å²) in [5, 5.41) is 2.66. The molecule has 1 aliphatic rings. The lowest BCUT2D eigenvalue weighted by Gasteiger charge is -2.26. The van der Waals surface area contributed by atoms with Gasteiger partial charge in [0.05, 0.1) is 18.4 Å². The van der Waals surface area contributed by atoms with Crippen LogP contribution in [0.3, 0.4) is 0 Å². The van der Waals surface area contributed by atoms with Gasteiger partial charge in [0.1, 0.15) is 5.57 Å². The number of halogens is 1. The number of methoxy groups -OCH3 is 1. The number of amides is 4. The van der Waals surface area contributed by atoms with Gasteiger partial charge in [-0.25, -0.2) is 14.5 Å². The molecule has 9 heteroatoms. The summed E-state index contributed by atoms with van der Waals surface area (Å²) in [6.45, 7) is 3.73. The smallest absolute Gasteiger partial charge is 0.337 e. The molecular formula is C25H20ClN3O5. The number of hydrogen-bond donors (Lipinski definition) is 1. The van der Waals surface area contributed by atoms with Crippen LogP contribution in [0.1, 0.15) is 27.3 Å².